The van der Waals surface area contributed by atoms with E-state index >= 15 is 0 Å². The second kappa shape index (κ2) is 7.94. The Hall–Kier alpha value is -1.74. The molecule has 28 heavy (non-hydrogen) atoms. The molecule has 2 aromatic rings. The molecule has 8 heteroatoms. The van der Waals surface area contributed by atoms with Gasteiger partial charge in [-0.05, 0) is 23.8 Å². The molecule has 4 rings (SSSR count). The zero-order chi connectivity index (χ0) is 19.7. The Bertz CT molecular complexity index is 960. The minimum Gasteiger partial charge on any atom is -0.322 e. The third kappa shape index (κ3) is 3.87. The Balaban J connectivity index is 1.37. The highest BCUT2D eigenvalue weighted by atomic mass is 79.9. The molecule has 148 valence electrons. The predicted molar refractivity (Wildman–Crippen MR) is 110 cm³/mol. The van der Waals surface area contributed by atoms with E-state index in [1.165, 1.54) is 4.31 Å². The zero-order valence-corrected chi connectivity index (χ0v) is 17.8. The van der Waals surface area contributed by atoms with E-state index in [2.05, 4.69) is 20.8 Å². The summed E-state index contributed by atoms with van der Waals surface area (Å²) >= 11 is 3.33. The minimum absolute atomic E-state index is 0.122. The van der Waals surface area contributed by atoms with Crippen molar-refractivity contribution in [3.05, 3.63) is 64.6 Å². The molecule has 1 unspecified atom stereocenters. The van der Waals surface area contributed by atoms with Crippen molar-refractivity contribution in [2.75, 3.05) is 32.8 Å². The standard InChI is InChI=1S/C20H22BrN3O3S/c21-17-7-4-8-18(13-17)28(26,27)23-11-9-22(10-12-23)15-24-19(14-20(24)25)16-5-2-1-3-6-16/h1-8,13,19H,9-12,14-15H2. The second-order valence-corrected chi connectivity index (χ2v) is 9.97. The van der Waals surface area contributed by atoms with Crippen molar-refractivity contribution in [3.8, 4) is 0 Å². The van der Waals surface area contributed by atoms with Gasteiger partial charge in [-0.2, -0.15) is 4.31 Å². The van der Waals surface area contributed by atoms with Crippen LogP contribution in [0.5, 0.6) is 0 Å². The lowest BCUT2D eigenvalue weighted by molar-refractivity contribution is -0.150. The zero-order valence-electron chi connectivity index (χ0n) is 15.4. The van der Waals surface area contributed by atoms with E-state index in [4.69, 9.17) is 0 Å². The van der Waals surface area contributed by atoms with Gasteiger partial charge in [-0.25, -0.2) is 8.42 Å². The van der Waals surface area contributed by atoms with Crippen LogP contribution < -0.4 is 0 Å². The van der Waals surface area contributed by atoms with Gasteiger partial charge in [-0.15, -0.1) is 0 Å². The highest BCUT2D eigenvalue weighted by Crippen LogP contribution is 2.34. The van der Waals surface area contributed by atoms with Crippen LogP contribution in [0.25, 0.3) is 0 Å². The summed E-state index contributed by atoms with van der Waals surface area (Å²) in [6.07, 6.45) is 0.543. The van der Waals surface area contributed by atoms with Crippen molar-refractivity contribution < 1.29 is 13.2 Å². The Morgan fingerprint density at radius 1 is 0.964 bits per heavy atom. The van der Waals surface area contributed by atoms with Gasteiger partial charge in [0.05, 0.1) is 24.0 Å². The lowest BCUT2D eigenvalue weighted by atomic mass is 9.94. The molecular weight excluding hydrogens is 442 g/mol. The van der Waals surface area contributed by atoms with E-state index in [0.29, 0.717) is 44.2 Å². The number of hydrogen-bond acceptors (Lipinski definition) is 4. The minimum atomic E-state index is -3.50. The van der Waals surface area contributed by atoms with Crippen LogP contribution in [0.1, 0.15) is 18.0 Å². The second-order valence-electron chi connectivity index (χ2n) is 7.12. The van der Waals surface area contributed by atoms with Gasteiger partial charge in [-0.1, -0.05) is 52.3 Å². The number of hydrogen-bond donors (Lipinski definition) is 0. The number of amides is 1. The van der Waals surface area contributed by atoms with Crippen molar-refractivity contribution >= 4 is 31.9 Å². The first-order valence-electron chi connectivity index (χ1n) is 9.27. The number of carbonyl (C=O) groups is 1. The summed E-state index contributed by atoms with van der Waals surface area (Å²) in [7, 11) is -3.50. The van der Waals surface area contributed by atoms with Gasteiger partial charge in [-0.3, -0.25) is 9.69 Å². The summed E-state index contributed by atoms with van der Waals surface area (Å²) < 4.78 is 28.0. The summed E-state index contributed by atoms with van der Waals surface area (Å²) in [5.74, 6) is 0.151. The fraction of sp³-hybridized carbons (Fsp3) is 0.350. The Labute approximate surface area is 173 Å². The van der Waals surface area contributed by atoms with E-state index in [9.17, 15) is 13.2 Å². The molecule has 0 saturated carbocycles. The summed E-state index contributed by atoms with van der Waals surface area (Å²) in [6, 6.07) is 17.0. The summed E-state index contributed by atoms with van der Waals surface area (Å²) in [5.41, 5.74) is 1.15. The largest absolute Gasteiger partial charge is 0.322 e. The van der Waals surface area contributed by atoms with Gasteiger partial charge < -0.3 is 4.90 Å². The molecule has 0 aromatic heterocycles. The van der Waals surface area contributed by atoms with Crippen LogP contribution in [-0.4, -0.2) is 61.3 Å². The SMILES string of the molecule is O=C1CC(c2ccccc2)N1CN1CCN(S(=O)(=O)c2cccc(Br)c2)CC1. The molecule has 0 radical (unpaired) electrons. The average Bonchev–Trinajstić information content (AvgIpc) is 2.71. The number of benzene rings is 2. The van der Waals surface area contributed by atoms with E-state index in [1.807, 2.05) is 41.3 Å². The van der Waals surface area contributed by atoms with E-state index in [0.717, 1.165) is 10.0 Å². The van der Waals surface area contributed by atoms with Gasteiger partial charge in [0.2, 0.25) is 15.9 Å². The maximum atomic E-state index is 12.8. The number of halogens is 1. The van der Waals surface area contributed by atoms with Gasteiger partial charge >= 0.3 is 0 Å². The molecule has 2 aromatic carbocycles. The van der Waals surface area contributed by atoms with Crippen LogP contribution in [0.2, 0.25) is 0 Å². The number of likely N-dealkylation sites (tertiary alicyclic amines) is 1. The molecule has 0 aliphatic carbocycles. The molecule has 2 heterocycles. The van der Waals surface area contributed by atoms with Crippen LogP contribution in [-0.2, 0) is 14.8 Å². The van der Waals surface area contributed by atoms with Crippen LogP contribution in [0.4, 0.5) is 0 Å². The maximum absolute atomic E-state index is 12.8. The van der Waals surface area contributed by atoms with Crippen molar-refractivity contribution in [1.29, 1.82) is 0 Å². The summed E-state index contributed by atoms with van der Waals surface area (Å²) in [4.78, 5) is 16.5. The molecule has 6 nitrogen and oxygen atoms in total. The molecule has 0 spiro atoms. The van der Waals surface area contributed by atoms with Crippen LogP contribution >= 0.6 is 15.9 Å². The lowest BCUT2D eigenvalue weighted by Crippen LogP contribution is -2.56. The first kappa shape index (κ1) is 19.6. The Morgan fingerprint density at radius 3 is 2.32 bits per heavy atom. The number of sulfonamides is 1. The monoisotopic (exact) mass is 463 g/mol. The van der Waals surface area contributed by atoms with Gasteiger partial charge in [0.15, 0.2) is 0 Å². The smallest absolute Gasteiger partial charge is 0.243 e. The molecule has 1 atom stereocenters. The van der Waals surface area contributed by atoms with Gasteiger partial charge in [0.1, 0.15) is 0 Å². The molecular formula is C20H22BrN3O3S. The van der Waals surface area contributed by atoms with E-state index < -0.39 is 10.0 Å². The molecule has 2 aliphatic rings. The lowest BCUT2D eigenvalue weighted by Gasteiger charge is -2.45. The van der Waals surface area contributed by atoms with Crippen molar-refractivity contribution in [1.82, 2.24) is 14.1 Å². The third-order valence-electron chi connectivity index (χ3n) is 5.37. The van der Waals surface area contributed by atoms with Gasteiger partial charge in [0.25, 0.3) is 0 Å². The molecule has 0 bridgehead atoms. The Kier molecular flexibility index (Phi) is 5.55. The predicted octanol–water partition coefficient (Wildman–Crippen LogP) is 2.69. The average molecular weight is 464 g/mol. The third-order valence-corrected chi connectivity index (χ3v) is 7.75. The topological polar surface area (TPSA) is 60.9 Å². The summed E-state index contributed by atoms with van der Waals surface area (Å²) in [6.45, 7) is 2.61. The maximum Gasteiger partial charge on any atom is 0.243 e. The number of rotatable bonds is 5. The quantitative estimate of drug-likeness (QED) is 0.639. The first-order chi connectivity index (χ1) is 13.4. The van der Waals surface area contributed by atoms with Crippen LogP contribution in [0, 0.1) is 0 Å². The normalized spacial score (nSPS) is 21.5. The fourth-order valence-corrected chi connectivity index (χ4v) is 5.73. The van der Waals surface area contributed by atoms with Crippen LogP contribution in [0.15, 0.2) is 64.0 Å². The molecule has 1 amide bonds. The van der Waals surface area contributed by atoms with E-state index in [-0.39, 0.29) is 11.9 Å². The number of nitrogens with zero attached hydrogens (tertiary/aromatic N) is 3. The van der Waals surface area contributed by atoms with Crippen LogP contribution in [0.3, 0.4) is 0 Å². The number of β-lactam (4-membered cyclic amide) rings is 1. The number of carbonyl (C=O) groups excluding carboxylic acids is 1. The van der Waals surface area contributed by atoms with Crippen molar-refractivity contribution in [3.63, 3.8) is 0 Å². The Morgan fingerprint density at radius 2 is 1.68 bits per heavy atom. The highest BCUT2D eigenvalue weighted by Gasteiger charge is 2.38. The molecule has 0 N–H and O–H groups in total. The van der Waals surface area contributed by atoms with Gasteiger partial charge in [0, 0.05) is 30.7 Å². The van der Waals surface area contributed by atoms with Crippen molar-refractivity contribution in [2.45, 2.75) is 17.4 Å². The van der Waals surface area contributed by atoms with Crippen molar-refractivity contribution in [2.24, 2.45) is 0 Å². The fourth-order valence-electron chi connectivity index (χ4n) is 3.71. The molecule has 2 fully saturated rings. The first-order valence-corrected chi connectivity index (χ1v) is 11.5. The van der Waals surface area contributed by atoms with E-state index in [1.54, 1.807) is 18.2 Å². The highest BCUT2D eigenvalue weighted by molar-refractivity contribution is 9.10. The molecule has 2 saturated heterocycles. The number of piperazine rings is 1. The molecule has 2 aliphatic heterocycles. The summed E-state index contributed by atoms with van der Waals surface area (Å²) in [5, 5.41) is 0.